The van der Waals surface area contributed by atoms with Gasteiger partial charge in [-0.2, -0.15) is 18.3 Å². The number of aromatic nitrogens is 2. The molecule has 0 radical (unpaired) electrons. The zero-order valence-electron chi connectivity index (χ0n) is 20.2. The minimum absolute atomic E-state index is 0.0425. The van der Waals surface area contributed by atoms with Crippen LogP contribution in [-0.4, -0.2) is 45.0 Å². The maximum absolute atomic E-state index is 13.7. The van der Waals surface area contributed by atoms with Gasteiger partial charge in [-0.3, -0.25) is 14.3 Å². The number of rotatable bonds is 8. The zero-order chi connectivity index (χ0) is 25.8. The lowest BCUT2D eigenvalue weighted by Gasteiger charge is -2.22. The van der Waals surface area contributed by atoms with Gasteiger partial charge in [-0.15, -0.1) is 0 Å². The molecule has 3 rings (SSSR count). The molecule has 192 valence electrons. The highest BCUT2D eigenvalue weighted by atomic mass is 19.4. The minimum atomic E-state index is -4.57. The van der Waals surface area contributed by atoms with Crippen LogP contribution in [0.2, 0.25) is 0 Å². The Bertz CT molecular complexity index is 1040. The lowest BCUT2D eigenvalue weighted by molar-refractivity contribution is -0.155. The molecule has 1 heterocycles. The van der Waals surface area contributed by atoms with Crippen LogP contribution >= 0.6 is 0 Å². The van der Waals surface area contributed by atoms with Crippen molar-refractivity contribution in [3.05, 3.63) is 41.6 Å². The molecule has 1 aliphatic carbocycles. The third-order valence-corrected chi connectivity index (χ3v) is 5.79. The van der Waals surface area contributed by atoms with Crippen LogP contribution in [0, 0.1) is 0 Å². The second-order valence-corrected chi connectivity index (χ2v) is 9.81. The van der Waals surface area contributed by atoms with Gasteiger partial charge in [-0.25, -0.2) is 0 Å². The summed E-state index contributed by atoms with van der Waals surface area (Å²) in [6.07, 6.45) is -1.23. The average molecular weight is 496 g/mol. The monoisotopic (exact) mass is 495 g/mol. The molecule has 0 bridgehead atoms. The van der Waals surface area contributed by atoms with Crippen LogP contribution in [0.1, 0.15) is 81.4 Å². The highest BCUT2D eigenvalue weighted by molar-refractivity contribution is 5.94. The molecule has 1 atom stereocenters. The molecule has 35 heavy (non-hydrogen) atoms. The molecular weight excluding hydrogens is 463 g/mol. The fraction of sp³-hybridized carbons (Fsp3) is 0.560. The molecule has 1 aliphatic rings. The number of alkyl halides is 3. The van der Waals surface area contributed by atoms with Crippen molar-refractivity contribution in [2.45, 2.75) is 83.2 Å². The number of ether oxygens (including phenoxy) is 1. The molecule has 10 heteroatoms. The van der Waals surface area contributed by atoms with Gasteiger partial charge in [0.1, 0.15) is 5.60 Å². The molecule has 1 aromatic heterocycles. The number of nitrogens with one attached hydrogen (secondary N) is 1. The van der Waals surface area contributed by atoms with Crippen LogP contribution in [0.4, 0.5) is 13.2 Å². The number of aliphatic hydroxyl groups excluding tert-OH is 1. The summed E-state index contributed by atoms with van der Waals surface area (Å²) in [6, 6.07) is 5.78. The van der Waals surface area contributed by atoms with Gasteiger partial charge in [-0.1, -0.05) is 31.0 Å². The van der Waals surface area contributed by atoms with E-state index in [9.17, 15) is 27.9 Å². The van der Waals surface area contributed by atoms with Crippen molar-refractivity contribution in [2.24, 2.45) is 0 Å². The van der Waals surface area contributed by atoms with Crippen LogP contribution in [-0.2, 0) is 15.7 Å². The van der Waals surface area contributed by atoms with Gasteiger partial charge in [0.2, 0.25) is 0 Å². The fourth-order valence-electron chi connectivity index (χ4n) is 4.31. The van der Waals surface area contributed by atoms with Gasteiger partial charge in [0.05, 0.1) is 23.7 Å². The van der Waals surface area contributed by atoms with Gasteiger partial charge in [0, 0.05) is 18.2 Å². The van der Waals surface area contributed by atoms with E-state index in [4.69, 9.17) is 4.74 Å². The highest BCUT2D eigenvalue weighted by Crippen LogP contribution is 2.40. The van der Waals surface area contributed by atoms with Gasteiger partial charge in [-0.05, 0) is 52.2 Å². The Morgan fingerprint density at radius 3 is 2.46 bits per heavy atom. The molecule has 1 unspecified atom stereocenters. The fourth-order valence-corrected chi connectivity index (χ4v) is 4.31. The van der Waals surface area contributed by atoms with E-state index in [1.54, 1.807) is 20.8 Å². The van der Waals surface area contributed by atoms with Gasteiger partial charge in [0.15, 0.2) is 5.69 Å². The molecule has 7 nitrogen and oxygen atoms in total. The molecule has 1 aromatic carbocycles. The Kier molecular flexibility index (Phi) is 8.25. The number of amides is 1. The molecule has 0 aliphatic heterocycles. The third-order valence-electron chi connectivity index (χ3n) is 5.79. The number of aliphatic hydroxyl groups is 1. The minimum Gasteiger partial charge on any atom is -0.460 e. The Labute approximate surface area is 202 Å². The molecule has 1 fully saturated rings. The summed E-state index contributed by atoms with van der Waals surface area (Å²) in [5.41, 5.74) is -1.36. The van der Waals surface area contributed by atoms with Gasteiger partial charge in [0.25, 0.3) is 5.91 Å². The standard InChI is InChI=1S/C25H32F3N3O4/c1-24(2,3)35-22(33)14-16(12-13-32)29-23(34)20-15-21(31(30-20)17-8-4-5-9-17)18-10-6-7-11-19(18)25(26,27)28/h6-7,10-11,15-17,32H,4-5,8-9,12-14H2,1-3H3,(H,29,34). The third kappa shape index (κ3) is 7.06. The zero-order valence-corrected chi connectivity index (χ0v) is 20.2. The number of esters is 1. The summed E-state index contributed by atoms with van der Waals surface area (Å²) in [4.78, 5) is 25.3. The number of hydrogen-bond acceptors (Lipinski definition) is 5. The number of carbonyl (C=O) groups excluding carboxylic acids is 2. The van der Waals surface area contributed by atoms with Crippen molar-refractivity contribution in [3.8, 4) is 11.3 Å². The second-order valence-electron chi connectivity index (χ2n) is 9.81. The maximum atomic E-state index is 13.7. The van der Waals surface area contributed by atoms with Crippen molar-refractivity contribution in [1.29, 1.82) is 0 Å². The van der Waals surface area contributed by atoms with E-state index < -0.39 is 35.3 Å². The maximum Gasteiger partial charge on any atom is 0.417 e. The number of carbonyl (C=O) groups is 2. The largest absolute Gasteiger partial charge is 0.460 e. The van der Waals surface area contributed by atoms with Crippen LogP contribution in [0.25, 0.3) is 11.3 Å². The lowest BCUT2D eigenvalue weighted by atomic mass is 10.0. The van der Waals surface area contributed by atoms with E-state index >= 15 is 0 Å². The van der Waals surface area contributed by atoms with Crippen LogP contribution in [0.15, 0.2) is 30.3 Å². The Morgan fingerprint density at radius 1 is 1.20 bits per heavy atom. The first kappa shape index (κ1) is 26.7. The molecule has 1 saturated carbocycles. The summed E-state index contributed by atoms with van der Waals surface area (Å²) < 4.78 is 48.0. The predicted octanol–water partition coefficient (Wildman–Crippen LogP) is 4.90. The van der Waals surface area contributed by atoms with Crippen LogP contribution in [0.5, 0.6) is 0 Å². The van der Waals surface area contributed by atoms with E-state index in [-0.39, 0.29) is 42.4 Å². The Hall–Kier alpha value is -2.88. The number of benzene rings is 1. The normalized spacial score (nSPS) is 15.7. The SMILES string of the molecule is CC(C)(C)OC(=O)CC(CCO)NC(=O)c1cc(-c2ccccc2C(F)(F)F)n(C2CCCC2)n1. The van der Waals surface area contributed by atoms with E-state index in [1.165, 1.54) is 28.9 Å². The van der Waals surface area contributed by atoms with Gasteiger partial charge >= 0.3 is 12.1 Å². The summed E-state index contributed by atoms with van der Waals surface area (Å²) in [5, 5.41) is 16.5. The summed E-state index contributed by atoms with van der Waals surface area (Å²) >= 11 is 0. The van der Waals surface area contributed by atoms with Gasteiger partial charge < -0.3 is 15.2 Å². The summed E-state index contributed by atoms with van der Waals surface area (Å²) in [6.45, 7) is 4.90. The van der Waals surface area contributed by atoms with Crippen molar-refractivity contribution >= 4 is 11.9 Å². The smallest absolute Gasteiger partial charge is 0.417 e. The molecule has 0 saturated heterocycles. The van der Waals surface area contributed by atoms with E-state index in [2.05, 4.69) is 10.4 Å². The molecule has 2 N–H and O–H groups in total. The molecule has 0 spiro atoms. The first-order chi connectivity index (χ1) is 16.4. The molecular formula is C25H32F3N3O4. The van der Waals surface area contributed by atoms with E-state index in [0.717, 1.165) is 31.7 Å². The topological polar surface area (TPSA) is 93.5 Å². The molecule has 2 aromatic rings. The Morgan fingerprint density at radius 2 is 1.86 bits per heavy atom. The lowest BCUT2D eigenvalue weighted by Crippen LogP contribution is -2.39. The van der Waals surface area contributed by atoms with Crippen LogP contribution in [0.3, 0.4) is 0 Å². The first-order valence-corrected chi connectivity index (χ1v) is 11.8. The summed E-state index contributed by atoms with van der Waals surface area (Å²) in [7, 11) is 0. The van der Waals surface area contributed by atoms with Crippen molar-refractivity contribution in [2.75, 3.05) is 6.61 Å². The van der Waals surface area contributed by atoms with Crippen molar-refractivity contribution in [3.63, 3.8) is 0 Å². The van der Waals surface area contributed by atoms with Crippen molar-refractivity contribution in [1.82, 2.24) is 15.1 Å². The predicted molar refractivity (Wildman–Crippen MR) is 124 cm³/mol. The quantitative estimate of drug-likeness (QED) is 0.509. The molecule has 1 amide bonds. The van der Waals surface area contributed by atoms with Crippen molar-refractivity contribution < 1.29 is 32.6 Å². The van der Waals surface area contributed by atoms with Crippen LogP contribution < -0.4 is 5.32 Å². The number of hydrogen-bond donors (Lipinski definition) is 2. The Balaban J connectivity index is 1.91. The number of nitrogens with zero attached hydrogens (tertiary/aromatic N) is 2. The second kappa shape index (κ2) is 10.8. The average Bonchev–Trinajstić information content (AvgIpc) is 3.41. The first-order valence-electron chi connectivity index (χ1n) is 11.8. The van der Waals surface area contributed by atoms with E-state index in [1.807, 2.05) is 0 Å². The van der Waals surface area contributed by atoms with E-state index in [0.29, 0.717) is 0 Å². The summed E-state index contributed by atoms with van der Waals surface area (Å²) in [5.74, 6) is -1.16. The number of halogens is 3. The highest BCUT2D eigenvalue weighted by Gasteiger charge is 2.35.